The molecule has 0 atom stereocenters. The van der Waals surface area contributed by atoms with Crippen molar-refractivity contribution in [3.8, 4) is 5.82 Å². The highest BCUT2D eigenvalue weighted by atomic mass is 16.5. The second-order valence-corrected chi connectivity index (χ2v) is 6.94. The first-order valence-electron chi connectivity index (χ1n) is 9.52. The number of carbonyl (C=O) groups excluding carboxylic acids is 2. The zero-order valence-corrected chi connectivity index (χ0v) is 15.7. The fourth-order valence-corrected chi connectivity index (χ4v) is 3.45. The molecular weight excluding hydrogens is 360 g/mol. The van der Waals surface area contributed by atoms with E-state index in [4.69, 9.17) is 4.74 Å². The van der Waals surface area contributed by atoms with Crippen LogP contribution in [0.3, 0.4) is 0 Å². The number of hydrogen-bond donors (Lipinski definition) is 0. The maximum atomic E-state index is 12.7. The average Bonchev–Trinajstić information content (AvgIpc) is 3.29. The lowest BCUT2D eigenvalue weighted by Gasteiger charge is -2.36. The van der Waals surface area contributed by atoms with Crippen molar-refractivity contribution >= 4 is 11.8 Å². The van der Waals surface area contributed by atoms with Gasteiger partial charge >= 0.3 is 0 Å². The van der Waals surface area contributed by atoms with Crippen molar-refractivity contribution in [1.29, 1.82) is 0 Å². The van der Waals surface area contributed by atoms with Crippen LogP contribution in [0.1, 0.15) is 10.4 Å². The van der Waals surface area contributed by atoms with Gasteiger partial charge in [-0.2, -0.15) is 0 Å². The summed E-state index contributed by atoms with van der Waals surface area (Å²) in [4.78, 5) is 39.3. The highest BCUT2D eigenvalue weighted by Crippen LogP contribution is 2.11. The predicted octanol–water partition coefficient (Wildman–Crippen LogP) is -0.116. The first-order valence-corrected chi connectivity index (χ1v) is 9.52. The van der Waals surface area contributed by atoms with Gasteiger partial charge in [-0.3, -0.25) is 19.1 Å². The van der Waals surface area contributed by atoms with Crippen LogP contribution in [0.15, 0.2) is 37.1 Å². The lowest BCUT2D eigenvalue weighted by molar-refractivity contribution is -0.134. The Kier molecular flexibility index (Phi) is 5.63. The van der Waals surface area contributed by atoms with Crippen LogP contribution in [0.25, 0.3) is 5.82 Å². The molecule has 9 heteroatoms. The first kappa shape index (κ1) is 18.6. The molecule has 28 heavy (non-hydrogen) atoms. The van der Waals surface area contributed by atoms with Crippen molar-refractivity contribution in [2.45, 2.75) is 0 Å². The van der Waals surface area contributed by atoms with Crippen LogP contribution in [0.4, 0.5) is 0 Å². The molecule has 4 heterocycles. The van der Waals surface area contributed by atoms with E-state index in [2.05, 4.69) is 14.9 Å². The van der Waals surface area contributed by atoms with Gasteiger partial charge in [0.15, 0.2) is 0 Å². The van der Waals surface area contributed by atoms with Crippen molar-refractivity contribution in [3.05, 3.63) is 42.6 Å². The molecule has 2 aromatic heterocycles. The lowest BCUT2D eigenvalue weighted by atomic mass is 10.2. The van der Waals surface area contributed by atoms with Crippen molar-refractivity contribution in [2.24, 2.45) is 0 Å². The number of ether oxygens (including phenoxy) is 1. The van der Waals surface area contributed by atoms with Gasteiger partial charge in [-0.05, 0) is 12.1 Å². The summed E-state index contributed by atoms with van der Waals surface area (Å²) in [6, 6.07) is 3.58. The summed E-state index contributed by atoms with van der Waals surface area (Å²) < 4.78 is 7.10. The maximum absolute atomic E-state index is 12.7. The van der Waals surface area contributed by atoms with E-state index in [-0.39, 0.29) is 11.8 Å². The number of rotatable bonds is 4. The van der Waals surface area contributed by atoms with E-state index in [0.717, 1.165) is 13.1 Å². The molecular formula is C19H24N6O3. The number of nitrogens with zero attached hydrogens (tertiary/aromatic N) is 6. The van der Waals surface area contributed by atoms with E-state index in [9.17, 15) is 9.59 Å². The summed E-state index contributed by atoms with van der Waals surface area (Å²) in [5.74, 6) is 0.790. The Balaban J connectivity index is 1.29. The lowest BCUT2D eigenvalue weighted by Crippen LogP contribution is -2.53. The van der Waals surface area contributed by atoms with E-state index in [1.165, 1.54) is 0 Å². The zero-order valence-electron chi connectivity index (χ0n) is 15.7. The molecule has 2 aliphatic rings. The fraction of sp³-hybridized carbons (Fsp3) is 0.474. The van der Waals surface area contributed by atoms with E-state index < -0.39 is 0 Å². The van der Waals surface area contributed by atoms with Crippen LogP contribution in [0, 0.1) is 0 Å². The molecule has 2 amide bonds. The Labute approximate surface area is 163 Å². The minimum atomic E-state index is -0.0510. The molecule has 0 N–H and O–H groups in total. The van der Waals surface area contributed by atoms with Gasteiger partial charge < -0.3 is 14.5 Å². The molecule has 2 aromatic rings. The van der Waals surface area contributed by atoms with Gasteiger partial charge in [-0.25, -0.2) is 9.97 Å². The molecule has 148 valence electrons. The summed E-state index contributed by atoms with van der Waals surface area (Å²) >= 11 is 0. The minimum absolute atomic E-state index is 0.0510. The topological polar surface area (TPSA) is 83.8 Å². The van der Waals surface area contributed by atoms with Gasteiger partial charge in [0.05, 0.1) is 25.3 Å². The van der Waals surface area contributed by atoms with Crippen LogP contribution in [0.5, 0.6) is 0 Å². The van der Waals surface area contributed by atoms with Crippen LogP contribution >= 0.6 is 0 Å². The third-order valence-corrected chi connectivity index (χ3v) is 5.15. The normalized spacial score (nSPS) is 18.3. The molecule has 0 unspecified atom stereocenters. The number of hydrogen-bond acceptors (Lipinski definition) is 6. The quantitative estimate of drug-likeness (QED) is 0.731. The number of pyridine rings is 1. The van der Waals surface area contributed by atoms with E-state index in [1.54, 1.807) is 46.5 Å². The van der Waals surface area contributed by atoms with Gasteiger partial charge in [0.1, 0.15) is 12.1 Å². The smallest absolute Gasteiger partial charge is 0.255 e. The van der Waals surface area contributed by atoms with E-state index in [1.807, 2.05) is 4.90 Å². The molecule has 0 aliphatic carbocycles. The Morgan fingerprint density at radius 2 is 1.75 bits per heavy atom. The van der Waals surface area contributed by atoms with Crippen LogP contribution < -0.4 is 0 Å². The predicted molar refractivity (Wildman–Crippen MR) is 101 cm³/mol. The molecule has 2 saturated heterocycles. The molecule has 0 radical (unpaired) electrons. The highest BCUT2D eigenvalue weighted by molar-refractivity contribution is 5.94. The number of imidazole rings is 1. The molecule has 0 spiro atoms. The van der Waals surface area contributed by atoms with Crippen LogP contribution in [0.2, 0.25) is 0 Å². The Hall–Kier alpha value is -2.78. The third kappa shape index (κ3) is 4.20. The van der Waals surface area contributed by atoms with Crippen molar-refractivity contribution in [3.63, 3.8) is 0 Å². The van der Waals surface area contributed by atoms with Gasteiger partial charge in [-0.1, -0.05) is 0 Å². The summed E-state index contributed by atoms with van der Waals surface area (Å²) in [6.07, 6.45) is 6.74. The molecule has 9 nitrogen and oxygen atoms in total. The number of aromatic nitrogens is 3. The Morgan fingerprint density at radius 3 is 2.39 bits per heavy atom. The summed E-state index contributed by atoms with van der Waals surface area (Å²) in [5, 5.41) is 0. The number of amides is 2. The molecule has 0 aromatic carbocycles. The summed E-state index contributed by atoms with van der Waals surface area (Å²) in [5.41, 5.74) is 0.553. The average molecular weight is 384 g/mol. The molecule has 2 aliphatic heterocycles. The Morgan fingerprint density at radius 1 is 1.00 bits per heavy atom. The second-order valence-electron chi connectivity index (χ2n) is 6.94. The maximum Gasteiger partial charge on any atom is 0.255 e. The van der Waals surface area contributed by atoms with Crippen molar-refractivity contribution in [1.82, 2.24) is 29.2 Å². The number of piperazine rings is 1. The first-order chi connectivity index (χ1) is 13.7. The van der Waals surface area contributed by atoms with Crippen LogP contribution in [-0.4, -0.2) is 100 Å². The molecule has 4 rings (SSSR count). The van der Waals surface area contributed by atoms with Gasteiger partial charge in [0, 0.05) is 57.9 Å². The van der Waals surface area contributed by atoms with E-state index in [0.29, 0.717) is 57.3 Å². The van der Waals surface area contributed by atoms with Gasteiger partial charge in [0.25, 0.3) is 5.91 Å². The number of carbonyl (C=O) groups is 2. The standard InChI is InChI=1S/C19H24N6O3/c26-18(14-22-9-11-28-12-10-22)23-5-7-24(8-6-23)19(27)16-1-2-17(21-13-16)25-4-3-20-15-25/h1-4,13,15H,5-12,14H2. The minimum Gasteiger partial charge on any atom is -0.379 e. The fourth-order valence-electron chi connectivity index (χ4n) is 3.45. The SMILES string of the molecule is O=C(CN1CCOCC1)N1CCN(C(=O)c2ccc(-n3ccnc3)nc2)CC1. The third-order valence-electron chi connectivity index (χ3n) is 5.15. The molecule has 0 bridgehead atoms. The largest absolute Gasteiger partial charge is 0.379 e. The van der Waals surface area contributed by atoms with Crippen molar-refractivity contribution in [2.75, 3.05) is 59.0 Å². The number of morpholine rings is 1. The Bertz CT molecular complexity index is 794. The zero-order chi connectivity index (χ0) is 19.3. The summed E-state index contributed by atoms with van der Waals surface area (Å²) in [6.45, 7) is 5.60. The molecule has 2 fully saturated rings. The summed E-state index contributed by atoms with van der Waals surface area (Å²) in [7, 11) is 0. The van der Waals surface area contributed by atoms with Gasteiger partial charge in [-0.15, -0.1) is 0 Å². The highest BCUT2D eigenvalue weighted by Gasteiger charge is 2.26. The van der Waals surface area contributed by atoms with Crippen molar-refractivity contribution < 1.29 is 14.3 Å². The van der Waals surface area contributed by atoms with E-state index >= 15 is 0 Å². The monoisotopic (exact) mass is 384 g/mol. The van der Waals surface area contributed by atoms with Gasteiger partial charge in [0.2, 0.25) is 5.91 Å². The van der Waals surface area contributed by atoms with Crippen LogP contribution in [-0.2, 0) is 9.53 Å². The second kappa shape index (κ2) is 8.49. The molecule has 0 saturated carbocycles.